The van der Waals surface area contributed by atoms with Crippen molar-refractivity contribution in [2.24, 2.45) is 17.8 Å². The number of carbonyl (C=O) groups excluding carboxylic acids is 2. The van der Waals surface area contributed by atoms with E-state index in [0.717, 1.165) is 89.4 Å². The van der Waals surface area contributed by atoms with Crippen molar-refractivity contribution < 1.29 is 23.3 Å². The number of hydrogen-bond donors (Lipinski definition) is 2. The Bertz CT molecular complexity index is 1680. The zero-order chi connectivity index (χ0) is 41.0. The van der Waals surface area contributed by atoms with Crippen LogP contribution in [-0.4, -0.2) is 121 Å². The topological polar surface area (TPSA) is 103 Å². The van der Waals surface area contributed by atoms with E-state index in [0.29, 0.717) is 48.8 Å². The van der Waals surface area contributed by atoms with Crippen molar-refractivity contribution >= 4 is 34.9 Å². The van der Waals surface area contributed by atoms with Crippen LogP contribution in [0.15, 0.2) is 67.3 Å². The Morgan fingerprint density at radius 2 is 1.91 bits per heavy atom. The minimum atomic E-state index is -1.57. The maximum atomic E-state index is 13.5. The number of carbonyl (C=O) groups is 2. The second-order valence-electron chi connectivity index (χ2n) is 16.5. The standard InChI is InChI=1S/C45H66ClN5O5S/c1-7-10-36-26-39(46)16-19-42(36)38-28-49(5)27-37-15-20-43(37)45(55-6,31-50-24-25-51(23-22-47-32-52)40(29-50)11-8-2)21-9-12-33(3)34(4)57(54)48-44(53)35-13-17-41(18-14-35)56-30-38/h8-9,13-14,16-19,21,26,32-34,37-38,40,43H,2,7,10-12,15,20,22-25,27-31H2,1,3-6H3,(H,47,52)(H,48,53)/b21-9+. The van der Waals surface area contributed by atoms with E-state index in [2.05, 4.69) is 76.5 Å². The Kier molecular flexibility index (Phi) is 17.2. The summed E-state index contributed by atoms with van der Waals surface area (Å²) in [4.78, 5) is 31.7. The molecule has 0 radical (unpaired) electrons. The molecule has 8 unspecified atom stereocenters. The van der Waals surface area contributed by atoms with Gasteiger partial charge in [0.2, 0.25) is 6.41 Å². The molecule has 2 aromatic rings. The normalized spacial score (nSPS) is 30.5. The summed E-state index contributed by atoms with van der Waals surface area (Å²) in [7, 11) is 2.52. The lowest BCUT2D eigenvalue weighted by Crippen LogP contribution is -2.60. The zero-order valence-corrected chi connectivity index (χ0v) is 36.4. The summed E-state index contributed by atoms with van der Waals surface area (Å²) in [6, 6.07) is 13.7. The second kappa shape index (κ2) is 21.8. The molecule has 2 bridgehead atoms. The van der Waals surface area contributed by atoms with Crippen LogP contribution in [0.3, 0.4) is 0 Å². The van der Waals surface area contributed by atoms with Gasteiger partial charge in [0.05, 0.1) is 11.9 Å². The number of allylic oxidation sites excluding steroid dienone is 1. The molecule has 3 aliphatic heterocycles. The Balaban J connectivity index is 1.45. The average Bonchev–Trinajstić information content (AvgIpc) is 3.18. The van der Waals surface area contributed by atoms with Crippen molar-refractivity contribution in [1.82, 2.24) is 24.7 Å². The van der Waals surface area contributed by atoms with Crippen LogP contribution >= 0.6 is 11.6 Å². The monoisotopic (exact) mass is 823 g/mol. The van der Waals surface area contributed by atoms with Gasteiger partial charge < -0.3 is 19.7 Å². The van der Waals surface area contributed by atoms with Gasteiger partial charge in [-0.05, 0) is 111 Å². The molecule has 314 valence electrons. The van der Waals surface area contributed by atoms with E-state index in [1.807, 2.05) is 38.3 Å². The Hall–Kier alpha value is -3.06. The van der Waals surface area contributed by atoms with Gasteiger partial charge in [0, 0.05) is 82.0 Å². The lowest BCUT2D eigenvalue weighted by Gasteiger charge is -2.52. The van der Waals surface area contributed by atoms with Gasteiger partial charge in [-0.3, -0.25) is 24.1 Å². The summed E-state index contributed by atoms with van der Waals surface area (Å²) in [5.74, 6) is 1.19. The van der Waals surface area contributed by atoms with E-state index < -0.39 is 16.6 Å². The number of piperazine rings is 1. The first-order chi connectivity index (χ1) is 27.5. The van der Waals surface area contributed by atoms with Crippen molar-refractivity contribution in [1.29, 1.82) is 0 Å². The number of nitrogens with one attached hydrogen (secondary N) is 2. The van der Waals surface area contributed by atoms with Crippen LogP contribution in [0.25, 0.3) is 0 Å². The summed E-state index contributed by atoms with van der Waals surface area (Å²) >= 11 is 6.52. The van der Waals surface area contributed by atoms with Crippen LogP contribution < -0.4 is 14.8 Å². The quantitative estimate of drug-likeness (QED) is 0.143. The summed E-state index contributed by atoms with van der Waals surface area (Å²) in [6.07, 6.45) is 13.0. The second-order valence-corrected chi connectivity index (χ2v) is 18.5. The first-order valence-corrected chi connectivity index (χ1v) is 22.5. The molecule has 12 heteroatoms. The lowest BCUT2D eigenvalue weighted by molar-refractivity contribution is -0.110. The molecule has 3 heterocycles. The molecule has 2 N–H and O–H groups in total. The van der Waals surface area contributed by atoms with E-state index >= 15 is 0 Å². The van der Waals surface area contributed by atoms with Crippen LogP contribution in [0.5, 0.6) is 5.75 Å². The first kappa shape index (κ1) is 45.0. The number of hydrogen-bond acceptors (Lipinski definition) is 8. The molecular formula is C45H66ClN5O5S. The number of likely N-dealkylation sites (N-methyl/N-ethyl adjacent to an activating group) is 1. The molecule has 0 aromatic heterocycles. The summed E-state index contributed by atoms with van der Waals surface area (Å²) in [5, 5.41) is 3.30. The number of nitrogens with zero attached hydrogens (tertiary/aromatic N) is 3. The fourth-order valence-corrected chi connectivity index (χ4v) is 10.2. The number of benzene rings is 2. The van der Waals surface area contributed by atoms with Gasteiger partial charge in [0.1, 0.15) is 22.3 Å². The summed E-state index contributed by atoms with van der Waals surface area (Å²) < 4.78 is 29.4. The third-order valence-electron chi connectivity index (χ3n) is 12.6. The predicted octanol–water partition coefficient (Wildman–Crippen LogP) is 6.48. The predicted molar refractivity (Wildman–Crippen MR) is 232 cm³/mol. The molecule has 2 aromatic carbocycles. The Morgan fingerprint density at radius 1 is 1.12 bits per heavy atom. The van der Waals surface area contributed by atoms with Gasteiger partial charge in [-0.1, -0.05) is 56.2 Å². The minimum absolute atomic E-state index is 0.0491. The van der Waals surface area contributed by atoms with Gasteiger partial charge in [0.25, 0.3) is 5.91 Å². The molecular weight excluding hydrogens is 758 g/mol. The highest BCUT2D eigenvalue weighted by Crippen LogP contribution is 2.46. The van der Waals surface area contributed by atoms with Crippen LogP contribution in [0.1, 0.15) is 80.3 Å². The number of halogens is 1. The van der Waals surface area contributed by atoms with Crippen molar-refractivity contribution in [2.45, 2.75) is 82.1 Å². The highest BCUT2D eigenvalue weighted by atomic mass is 35.5. The van der Waals surface area contributed by atoms with Gasteiger partial charge in [-0.25, -0.2) is 4.21 Å². The average molecular weight is 825 g/mol. The number of methoxy groups -OCH3 is 1. The molecule has 8 atom stereocenters. The van der Waals surface area contributed by atoms with Crippen molar-refractivity contribution in [3.8, 4) is 5.75 Å². The Labute approximate surface area is 349 Å². The minimum Gasteiger partial charge on any atom is -0.493 e. The molecule has 2 fully saturated rings. The molecule has 1 aliphatic carbocycles. The van der Waals surface area contributed by atoms with E-state index in [-0.39, 0.29) is 23.0 Å². The van der Waals surface area contributed by atoms with E-state index in [1.165, 1.54) is 11.1 Å². The van der Waals surface area contributed by atoms with Crippen LogP contribution in [0.2, 0.25) is 5.02 Å². The molecule has 0 spiro atoms. The number of amides is 2. The van der Waals surface area contributed by atoms with Crippen molar-refractivity contribution in [2.75, 3.05) is 73.1 Å². The number of rotatable bonds is 12. The Morgan fingerprint density at radius 3 is 2.60 bits per heavy atom. The maximum absolute atomic E-state index is 13.5. The zero-order valence-electron chi connectivity index (χ0n) is 34.8. The van der Waals surface area contributed by atoms with Crippen molar-refractivity contribution in [3.05, 3.63) is 89.0 Å². The molecule has 1 saturated heterocycles. The van der Waals surface area contributed by atoms with Crippen LogP contribution in [-0.2, 0) is 26.9 Å². The molecule has 4 aliphatic rings. The van der Waals surface area contributed by atoms with E-state index in [1.54, 1.807) is 12.1 Å². The molecule has 57 heavy (non-hydrogen) atoms. The van der Waals surface area contributed by atoms with Gasteiger partial charge in [-0.2, -0.15) is 0 Å². The third-order valence-corrected chi connectivity index (χ3v) is 14.4. The van der Waals surface area contributed by atoms with Gasteiger partial charge in [0.15, 0.2) is 0 Å². The molecule has 2 amide bonds. The highest BCUT2D eigenvalue weighted by Gasteiger charge is 2.48. The fourth-order valence-electron chi connectivity index (χ4n) is 9.01. The summed E-state index contributed by atoms with van der Waals surface area (Å²) in [5.41, 5.74) is 2.42. The number of ether oxygens (including phenoxy) is 2. The summed E-state index contributed by atoms with van der Waals surface area (Å²) in [6.45, 7) is 17.4. The van der Waals surface area contributed by atoms with E-state index in [9.17, 15) is 13.8 Å². The fraction of sp³-hybridized carbons (Fsp3) is 0.600. The van der Waals surface area contributed by atoms with Gasteiger partial charge in [-0.15, -0.1) is 6.58 Å². The molecule has 10 nitrogen and oxygen atoms in total. The largest absolute Gasteiger partial charge is 0.493 e. The SMILES string of the molecule is C=CCC1CN(CC2(OC)/C=C/CC(C)C(C)S(=O)NC(=O)c3ccc(cc3)OCC(c3ccc(Cl)cc3CCC)CN(C)CC3CCC32)CCN1CCNC=O. The third kappa shape index (κ3) is 12.0. The lowest BCUT2D eigenvalue weighted by atomic mass is 9.63. The van der Waals surface area contributed by atoms with Gasteiger partial charge >= 0.3 is 0 Å². The number of aryl methyl sites for hydroxylation is 1. The smallest absolute Gasteiger partial charge is 0.262 e. The highest BCUT2D eigenvalue weighted by molar-refractivity contribution is 7.84. The number of fused-ring (bicyclic) bond motifs is 14. The van der Waals surface area contributed by atoms with Crippen LogP contribution in [0, 0.1) is 17.8 Å². The maximum Gasteiger partial charge on any atom is 0.262 e. The van der Waals surface area contributed by atoms with Crippen molar-refractivity contribution in [3.63, 3.8) is 0 Å². The van der Waals surface area contributed by atoms with Crippen LogP contribution in [0.4, 0.5) is 0 Å². The molecule has 1 saturated carbocycles. The first-order valence-electron chi connectivity index (χ1n) is 20.9. The molecule has 6 rings (SSSR count). The van der Waals surface area contributed by atoms with E-state index in [4.69, 9.17) is 21.1 Å².